The van der Waals surface area contributed by atoms with Gasteiger partial charge in [-0.2, -0.15) is 0 Å². The van der Waals surface area contributed by atoms with Gasteiger partial charge in [0.15, 0.2) is 0 Å². The molecule has 0 aliphatic rings. The van der Waals surface area contributed by atoms with Gasteiger partial charge in [-0.1, -0.05) is 0 Å². The predicted octanol–water partition coefficient (Wildman–Crippen LogP) is 0.862. The molecule has 0 rings (SSSR count). The van der Waals surface area contributed by atoms with E-state index in [2.05, 4.69) is 9.26 Å². The molecule has 0 spiro atoms. The van der Waals surface area contributed by atoms with Gasteiger partial charge in [-0.3, -0.25) is 14.2 Å². The molecule has 1 atom stereocenters. The third-order valence-corrected chi connectivity index (χ3v) is 2.35. The van der Waals surface area contributed by atoms with Gasteiger partial charge in [0.1, 0.15) is 6.16 Å². The van der Waals surface area contributed by atoms with E-state index in [1.54, 1.807) is 6.92 Å². The molecule has 0 amide bonds. The van der Waals surface area contributed by atoms with Crippen LogP contribution in [0, 0.1) is 0 Å². The summed E-state index contributed by atoms with van der Waals surface area (Å²) in [6.45, 7) is 5.21. The Labute approximate surface area is 93.9 Å². The summed E-state index contributed by atoms with van der Waals surface area (Å²) in [6.07, 6.45) is -0.833. The van der Waals surface area contributed by atoms with Crippen molar-refractivity contribution in [2.45, 2.75) is 20.8 Å². The van der Waals surface area contributed by atoms with E-state index in [1.165, 1.54) is 13.8 Å². The van der Waals surface area contributed by atoms with E-state index in [1.807, 2.05) is 0 Å². The average molecular weight is 256 g/mol. The maximum atomic E-state index is 10.6. The lowest BCUT2D eigenvalue weighted by atomic mass is 10.8. The van der Waals surface area contributed by atoms with Gasteiger partial charge >= 0.3 is 19.5 Å². The minimum Gasteiger partial charge on any atom is -0.481 e. The lowest BCUT2D eigenvalue weighted by molar-refractivity contribution is -0.140. The molecule has 7 nitrogen and oxygen atoms in total. The van der Waals surface area contributed by atoms with Gasteiger partial charge in [-0.05, 0) is 13.8 Å². The van der Waals surface area contributed by atoms with Crippen LogP contribution in [0.4, 0.5) is 0 Å². The van der Waals surface area contributed by atoms with Crippen LogP contribution in [0.1, 0.15) is 20.8 Å². The van der Waals surface area contributed by atoms with Crippen molar-refractivity contribution in [3.8, 4) is 0 Å². The van der Waals surface area contributed by atoms with E-state index < -0.39 is 19.7 Å². The molecule has 0 saturated heterocycles. The van der Waals surface area contributed by atoms with Gasteiger partial charge in [0.05, 0.1) is 13.2 Å². The highest BCUT2D eigenvalue weighted by molar-refractivity contribution is 7.53. The van der Waals surface area contributed by atoms with Crippen molar-refractivity contribution in [3.63, 3.8) is 0 Å². The summed E-state index contributed by atoms with van der Waals surface area (Å²) in [5.74, 6) is -1.54. The summed E-state index contributed by atoms with van der Waals surface area (Å²) in [5, 5.41) is 8.06. The van der Waals surface area contributed by atoms with Crippen LogP contribution >= 0.6 is 7.60 Å². The number of carbonyl (C=O) groups excluding carboxylic acids is 1. The molecule has 0 bridgehead atoms. The molecule has 8 heteroatoms. The molecule has 0 aliphatic heterocycles. The van der Waals surface area contributed by atoms with E-state index in [9.17, 15) is 14.2 Å². The third-order valence-electron chi connectivity index (χ3n) is 1.01. The van der Waals surface area contributed by atoms with E-state index in [0.29, 0.717) is 6.61 Å². The fourth-order valence-corrected chi connectivity index (χ4v) is 1.46. The van der Waals surface area contributed by atoms with Gasteiger partial charge in [0.2, 0.25) is 0 Å². The van der Waals surface area contributed by atoms with E-state index >= 15 is 0 Å². The Morgan fingerprint density at radius 2 is 1.75 bits per heavy atom. The number of carboxylic acid groups (broad SMARTS) is 1. The van der Waals surface area contributed by atoms with Crippen LogP contribution in [0.25, 0.3) is 0 Å². The zero-order valence-corrected chi connectivity index (χ0v) is 10.4. The van der Waals surface area contributed by atoms with Crippen LogP contribution in [0.15, 0.2) is 0 Å². The van der Waals surface area contributed by atoms with Crippen LogP contribution in [-0.4, -0.2) is 41.3 Å². The largest absolute Gasteiger partial charge is 0.481 e. The molecule has 96 valence electrons. The van der Waals surface area contributed by atoms with Crippen molar-refractivity contribution in [3.05, 3.63) is 0 Å². The smallest absolute Gasteiger partial charge is 0.339 e. The first-order valence-electron chi connectivity index (χ1n) is 4.56. The van der Waals surface area contributed by atoms with Crippen LogP contribution < -0.4 is 0 Å². The number of hydrogen-bond donors (Lipinski definition) is 2. The molecule has 0 saturated carbocycles. The second kappa shape index (κ2) is 9.33. The van der Waals surface area contributed by atoms with Crippen molar-refractivity contribution in [1.82, 2.24) is 0 Å². The Morgan fingerprint density at radius 1 is 1.25 bits per heavy atom. The summed E-state index contributed by atoms with van der Waals surface area (Å²) in [4.78, 5) is 28.3. The standard InChI is InChI=1S/C4H9O5P.C4H8O2/c1-2-9-10(7,8)3-4(5)6;1-3-6-4(2)5/h2-3H2,1H3,(H,5,6)(H,7,8);3H2,1-2H3. The summed E-state index contributed by atoms with van der Waals surface area (Å²) in [5.41, 5.74) is 0. The van der Waals surface area contributed by atoms with Gasteiger partial charge in [-0.15, -0.1) is 0 Å². The van der Waals surface area contributed by atoms with Crippen LogP contribution in [0.3, 0.4) is 0 Å². The van der Waals surface area contributed by atoms with Gasteiger partial charge in [0, 0.05) is 6.92 Å². The summed E-state index contributed by atoms with van der Waals surface area (Å²) >= 11 is 0. The highest BCUT2D eigenvalue weighted by Crippen LogP contribution is 2.40. The number of rotatable bonds is 5. The monoisotopic (exact) mass is 256 g/mol. The van der Waals surface area contributed by atoms with Gasteiger partial charge in [0.25, 0.3) is 0 Å². The topological polar surface area (TPSA) is 110 Å². The maximum absolute atomic E-state index is 10.6. The Bertz CT molecular complexity index is 263. The molecule has 0 aromatic carbocycles. The SMILES string of the molecule is CCOC(C)=O.CCOP(=O)(O)CC(=O)O. The van der Waals surface area contributed by atoms with Crippen LogP contribution in [0.2, 0.25) is 0 Å². The van der Waals surface area contributed by atoms with Crippen molar-refractivity contribution in [1.29, 1.82) is 0 Å². The van der Waals surface area contributed by atoms with E-state index in [-0.39, 0.29) is 12.6 Å². The Morgan fingerprint density at radius 3 is 1.94 bits per heavy atom. The number of aliphatic carboxylic acids is 1. The first-order valence-corrected chi connectivity index (χ1v) is 6.33. The van der Waals surface area contributed by atoms with Crippen molar-refractivity contribution < 1.29 is 33.4 Å². The number of hydrogen-bond acceptors (Lipinski definition) is 5. The second-order valence-electron chi connectivity index (χ2n) is 2.53. The van der Waals surface area contributed by atoms with Crippen LogP contribution in [0.5, 0.6) is 0 Å². The van der Waals surface area contributed by atoms with Gasteiger partial charge in [-0.25, -0.2) is 0 Å². The van der Waals surface area contributed by atoms with Crippen molar-refractivity contribution >= 4 is 19.5 Å². The van der Waals surface area contributed by atoms with Crippen molar-refractivity contribution in [2.24, 2.45) is 0 Å². The molecule has 1 unspecified atom stereocenters. The predicted molar refractivity (Wildman–Crippen MR) is 56.3 cm³/mol. The fourth-order valence-electron chi connectivity index (χ4n) is 0.622. The lowest BCUT2D eigenvalue weighted by Gasteiger charge is -2.06. The number of ether oxygens (including phenoxy) is 1. The first kappa shape index (κ1) is 17.5. The Hall–Kier alpha value is -0.910. The minimum atomic E-state index is -3.85. The van der Waals surface area contributed by atoms with Crippen LogP contribution in [-0.2, 0) is 23.4 Å². The summed E-state index contributed by atoms with van der Waals surface area (Å²) in [6, 6.07) is 0. The average Bonchev–Trinajstić information content (AvgIpc) is 2.01. The molecular weight excluding hydrogens is 239 g/mol. The first-order chi connectivity index (χ1) is 7.25. The Balaban J connectivity index is 0. The molecule has 0 aromatic heterocycles. The normalized spacial score (nSPS) is 13.0. The van der Waals surface area contributed by atoms with E-state index in [0.717, 1.165) is 0 Å². The number of carboxylic acids is 1. The second-order valence-corrected chi connectivity index (χ2v) is 4.38. The molecule has 16 heavy (non-hydrogen) atoms. The zero-order valence-electron chi connectivity index (χ0n) is 9.50. The molecule has 0 radical (unpaired) electrons. The molecule has 0 heterocycles. The van der Waals surface area contributed by atoms with Gasteiger partial charge < -0.3 is 19.3 Å². The highest BCUT2D eigenvalue weighted by atomic mass is 31.2. The number of carbonyl (C=O) groups is 2. The maximum Gasteiger partial charge on any atom is 0.339 e. The number of esters is 1. The zero-order chi connectivity index (χ0) is 13.2. The molecule has 2 N–H and O–H groups in total. The molecule has 0 aliphatic carbocycles. The van der Waals surface area contributed by atoms with E-state index in [4.69, 9.17) is 10.00 Å². The van der Waals surface area contributed by atoms with Crippen molar-refractivity contribution in [2.75, 3.05) is 19.4 Å². The highest BCUT2D eigenvalue weighted by Gasteiger charge is 2.22. The summed E-state index contributed by atoms with van der Waals surface area (Å²) in [7, 11) is -3.85. The minimum absolute atomic E-state index is 0.0427. The molecule has 0 aromatic rings. The third kappa shape index (κ3) is 15.6. The molecular formula is C8H17O7P. The quantitative estimate of drug-likeness (QED) is 0.554. The lowest BCUT2D eigenvalue weighted by Crippen LogP contribution is -2.05. The fraction of sp³-hybridized carbons (Fsp3) is 0.750. The Kier molecular flexibility index (Phi) is 10.2. The summed E-state index contributed by atoms with van der Waals surface area (Å²) < 4.78 is 19.2. The molecule has 0 fully saturated rings.